The van der Waals surface area contributed by atoms with Crippen LogP contribution < -0.4 is 5.32 Å². The molecule has 1 aliphatic rings. The lowest BCUT2D eigenvalue weighted by Crippen LogP contribution is -2.12. The van der Waals surface area contributed by atoms with E-state index in [4.69, 9.17) is 4.42 Å². The van der Waals surface area contributed by atoms with Gasteiger partial charge in [0.1, 0.15) is 0 Å². The monoisotopic (exact) mass is 223 g/mol. The van der Waals surface area contributed by atoms with Crippen molar-refractivity contribution in [3.8, 4) is 0 Å². The summed E-state index contributed by atoms with van der Waals surface area (Å²) in [6.45, 7) is 2.03. The molecule has 1 heterocycles. The SMILES string of the molecule is CNC(C)c1nnc(CC2CCCCC2)o1. The fourth-order valence-electron chi connectivity index (χ4n) is 2.29. The van der Waals surface area contributed by atoms with Gasteiger partial charge in [0, 0.05) is 6.42 Å². The first kappa shape index (κ1) is 11.6. The van der Waals surface area contributed by atoms with Gasteiger partial charge in [-0.25, -0.2) is 0 Å². The molecule has 16 heavy (non-hydrogen) atoms. The molecule has 4 nitrogen and oxygen atoms in total. The Morgan fingerprint density at radius 1 is 1.31 bits per heavy atom. The van der Waals surface area contributed by atoms with E-state index in [0.717, 1.165) is 18.2 Å². The maximum absolute atomic E-state index is 5.65. The second kappa shape index (κ2) is 5.43. The van der Waals surface area contributed by atoms with Gasteiger partial charge in [-0.2, -0.15) is 0 Å². The van der Waals surface area contributed by atoms with Gasteiger partial charge in [0.05, 0.1) is 6.04 Å². The maximum Gasteiger partial charge on any atom is 0.233 e. The number of nitrogens with zero attached hydrogens (tertiary/aromatic N) is 2. The van der Waals surface area contributed by atoms with Gasteiger partial charge in [-0.3, -0.25) is 0 Å². The summed E-state index contributed by atoms with van der Waals surface area (Å²) in [6, 6.07) is 0.146. The van der Waals surface area contributed by atoms with Gasteiger partial charge in [0.15, 0.2) is 0 Å². The summed E-state index contributed by atoms with van der Waals surface area (Å²) in [6.07, 6.45) is 7.71. The lowest BCUT2D eigenvalue weighted by atomic mass is 9.87. The molecule has 0 spiro atoms. The van der Waals surface area contributed by atoms with Crippen molar-refractivity contribution in [2.45, 2.75) is 51.5 Å². The number of hydrogen-bond acceptors (Lipinski definition) is 4. The van der Waals surface area contributed by atoms with Crippen LogP contribution in [0.3, 0.4) is 0 Å². The van der Waals surface area contributed by atoms with E-state index in [2.05, 4.69) is 15.5 Å². The summed E-state index contributed by atoms with van der Waals surface area (Å²) in [5, 5.41) is 11.3. The second-order valence-corrected chi connectivity index (χ2v) is 4.75. The first-order valence-electron chi connectivity index (χ1n) is 6.29. The second-order valence-electron chi connectivity index (χ2n) is 4.75. The van der Waals surface area contributed by atoms with Crippen molar-refractivity contribution in [2.75, 3.05) is 7.05 Å². The average molecular weight is 223 g/mol. The summed E-state index contributed by atoms with van der Waals surface area (Å²) >= 11 is 0. The minimum absolute atomic E-state index is 0.146. The molecule has 1 N–H and O–H groups in total. The molecule has 0 aliphatic heterocycles. The topological polar surface area (TPSA) is 51.0 Å². The van der Waals surface area contributed by atoms with Crippen LogP contribution in [0.4, 0.5) is 0 Å². The van der Waals surface area contributed by atoms with E-state index in [9.17, 15) is 0 Å². The molecule has 1 unspecified atom stereocenters. The van der Waals surface area contributed by atoms with Gasteiger partial charge in [-0.05, 0) is 32.7 Å². The standard InChI is InChI=1S/C12H21N3O/c1-9(13-2)12-15-14-11(16-12)8-10-6-4-3-5-7-10/h9-10,13H,3-8H2,1-2H3. The molecule has 1 aromatic rings. The zero-order valence-electron chi connectivity index (χ0n) is 10.2. The highest BCUT2D eigenvalue weighted by molar-refractivity contribution is 4.89. The van der Waals surface area contributed by atoms with Crippen molar-refractivity contribution in [3.05, 3.63) is 11.8 Å². The Morgan fingerprint density at radius 2 is 2.06 bits per heavy atom. The van der Waals surface area contributed by atoms with E-state index >= 15 is 0 Å². The Labute approximate surface area is 96.8 Å². The van der Waals surface area contributed by atoms with Crippen molar-refractivity contribution in [1.82, 2.24) is 15.5 Å². The summed E-state index contributed by atoms with van der Waals surface area (Å²) in [4.78, 5) is 0. The van der Waals surface area contributed by atoms with Gasteiger partial charge >= 0.3 is 0 Å². The minimum Gasteiger partial charge on any atom is -0.424 e. The maximum atomic E-state index is 5.65. The molecule has 0 bridgehead atoms. The van der Waals surface area contributed by atoms with Crippen LogP contribution >= 0.6 is 0 Å². The first-order chi connectivity index (χ1) is 7.79. The molecule has 90 valence electrons. The van der Waals surface area contributed by atoms with E-state index in [0.29, 0.717) is 5.89 Å². The lowest BCUT2D eigenvalue weighted by Gasteiger charge is -2.19. The Morgan fingerprint density at radius 3 is 2.75 bits per heavy atom. The molecule has 0 saturated heterocycles. The largest absolute Gasteiger partial charge is 0.424 e. The fourth-order valence-corrected chi connectivity index (χ4v) is 2.29. The number of nitrogens with one attached hydrogen (secondary N) is 1. The Balaban J connectivity index is 1.91. The quantitative estimate of drug-likeness (QED) is 0.852. The highest BCUT2D eigenvalue weighted by Gasteiger charge is 2.18. The molecular formula is C12H21N3O. The molecule has 4 heteroatoms. The Bertz CT molecular complexity index is 318. The lowest BCUT2D eigenvalue weighted by molar-refractivity contribution is 0.319. The minimum atomic E-state index is 0.146. The van der Waals surface area contributed by atoms with Crippen LogP contribution in [0.1, 0.15) is 56.9 Å². The average Bonchev–Trinajstić information content (AvgIpc) is 2.78. The molecule has 1 aromatic heterocycles. The van der Waals surface area contributed by atoms with E-state index in [1.54, 1.807) is 0 Å². The Hall–Kier alpha value is -0.900. The molecule has 0 aromatic carbocycles. The van der Waals surface area contributed by atoms with Crippen molar-refractivity contribution in [2.24, 2.45) is 5.92 Å². The normalized spacial score (nSPS) is 19.9. The van der Waals surface area contributed by atoms with Crippen molar-refractivity contribution in [3.63, 3.8) is 0 Å². The van der Waals surface area contributed by atoms with Crippen LogP contribution in [-0.2, 0) is 6.42 Å². The third-order valence-corrected chi connectivity index (χ3v) is 3.47. The van der Waals surface area contributed by atoms with Gasteiger partial charge in [0.25, 0.3) is 0 Å². The summed E-state index contributed by atoms with van der Waals surface area (Å²) in [5.41, 5.74) is 0. The zero-order chi connectivity index (χ0) is 11.4. The number of rotatable bonds is 4. The summed E-state index contributed by atoms with van der Waals surface area (Å²) in [5.74, 6) is 2.27. The molecule has 0 radical (unpaired) electrons. The molecule has 1 fully saturated rings. The highest BCUT2D eigenvalue weighted by atomic mass is 16.4. The van der Waals surface area contributed by atoms with Crippen molar-refractivity contribution >= 4 is 0 Å². The van der Waals surface area contributed by atoms with Crippen LogP contribution in [-0.4, -0.2) is 17.2 Å². The van der Waals surface area contributed by atoms with Crippen LogP contribution in [0.15, 0.2) is 4.42 Å². The van der Waals surface area contributed by atoms with E-state index in [-0.39, 0.29) is 6.04 Å². The summed E-state index contributed by atoms with van der Waals surface area (Å²) in [7, 11) is 1.90. The predicted octanol–water partition coefficient (Wildman–Crippen LogP) is 2.47. The van der Waals surface area contributed by atoms with Crippen LogP contribution in [0.25, 0.3) is 0 Å². The number of aromatic nitrogens is 2. The number of hydrogen-bond donors (Lipinski definition) is 1. The molecule has 0 amide bonds. The first-order valence-corrected chi connectivity index (χ1v) is 6.29. The molecular weight excluding hydrogens is 202 g/mol. The van der Waals surface area contributed by atoms with E-state index < -0.39 is 0 Å². The summed E-state index contributed by atoms with van der Waals surface area (Å²) < 4.78 is 5.65. The Kier molecular flexibility index (Phi) is 3.93. The van der Waals surface area contributed by atoms with Gasteiger partial charge in [-0.15, -0.1) is 10.2 Å². The molecule has 1 saturated carbocycles. The fraction of sp³-hybridized carbons (Fsp3) is 0.833. The van der Waals surface area contributed by atoms with Crippen LogP contribution in [0.5, 0.6) is 0 Å². The highest BCUT2D eigenvalue weighted by Crippen LogP contribution is 2.26. The predicted molar refractivity (Wildman–Crippen MR) is 62.1 cm³/mol. The zero-order valence-corrected chi connectivity index (χ0v) is 10.2. The van der Waals surface area contributed by atoms with Crippen LogP contribution in [0.2, 0.25) is 0 Å². The van der Waals surface area contributed by atoms with Gasteiger partial charge in [0.2, 0.25) is 11.8 Å². The smallest absolute Gasteiger partial charge is 0.233 e. The van der Waals surface area contributed by atoms with Crippen molar-refractivity contribution < 1.29 is 4.42 Å². The third-order valence-electron chi connectivity index (χ3n) is 3.47. The third kappa shape index (κ3) is 2.82. The molecule has 2 rings (SSSR count). The van der Waals surface area contributed by atoms with Crippen LogP contribution in [0, 0.1) is 5.92 Å². The van der Waals surface area contributed by atoms with Crippen molar-refractivity contribution in [1.29, 1.82) is 0 Å². The molecule has 1 atom stereocenters. The van der Waals surface area contributed by atoms with Gasteiger partial charge in [-0.1, -0.05) is 19.3 Å². The molecule has 1 aliphatic carbocycles. The van der Waals surface area contributed by atoms with Gasteiger partial charge < -0.3 is 9.73 Å². The van der Waals surface area contributed by atoms with E-state index in [1.165, 1.54) is 32.1 Å². The van der Waals surface area contributed by atoms with E-state index in [1.807, 2.05) is 14.0 Å².